The number of ether oxygens (including phenoxy) is 2. The van der Waals surface area contributed by atoms with Crippen LogP contribution >= 0.6 is 0 Å². The number of fused-ring (bicyclic) bond motifs is 1. The minimum absolute atomic E-state index is 0.179. The molecular formula is C20H16NO6-. The van der Waals surface area contributed by atoms with Crippen molar-refractivity contribution < 1.29 is 29.0 Å². The molecule has 0 atom stereocenters. The van der Waals surface area contributed by atoms with E-state index in [9.17, 15) is 19.5 Å². The highest BCUT2D eigenvalue weighted by atomic mass is 16.5. The lowest BCUT2D eigenvalue weighted by molar-refractivity contribution is -0.305. The van der Waals surface area contributed by atoms with Gasteiger partial charge in [-0.1, -0.05) is 30.3 Å². The first-order chi connectivity index (χ1) is 13.0. The summed E-state index contributed by atoms with van der Waals surface area (Å²) >= 11 is 0. The quantitative estimate of drug-likeness (QED) is 0.578. The van der Waals surface area contributed by atoms with E-state index in [-0.39, 0.29) is 11.1 Å². The smallest absolute Gasteiger partial charge is 0.261 e. The number of para-hydroxylation sites is 1. The number of hydrogen-bond acceptors (Lipinski definition) is 6. The third kappa shape index (κ3) is 3.27. The lowest BCUT2D eigenvalue weighted by Gasteiger charge is -2.29. The number of hydrogen-bond donors (Lipinski definition) is 0. The van der Waals surface area contributed by atoms with E-state index in [0.29, 0.717) is 27.5 Å². The van der Waals surface area contributed by atoms with Gasteiger partial charge in [-0.05, 0) is 23.8 Å². The van der Waals surface area contributed by atoms with Gasteiger partial charge in [0.25, 0.3) is 11.8 Å². The molecule has 0 unspecified atom stereocenters. The van der Waals surface area contributed by atoms with Crippen molar-refractivity contribution in [1.29, 1.82) is 0 Å². The Labute approximate surface area is 155 Å². The molecule has 1 aliphatic heterocycles. The lowest BCUT2D eigenvalue weighted by Crippen LogP contribution is -2.47. The highest BCUT2D eigenvalue weighted by Gasteiger charge is 2.34. The molecule has 2 aromatic carbocycles. The maximum absolute atomic E-state index is 12.9. The van der Waals surface area contributed by atoms with Crippen LogP contribution in [0, 0.1) is 0 Å². The number of carboxylic acids is 1. The van der Waals surface area contributed by atoms with Crippen molar-refractivity contribution in [3.8, 4) is 11.5 Å². The Bertz CT molecular complexity index is 963. The van der Waals surface area contributed by atoms with E-state index in [4.69, 9.17) is 9.47 Å². The SMILES string of the molecule is COc1cccc(/C=C2\C(=O)N(CC(=O)[O-])C(=O)c3ccccc32)c1OC. The molecule has 138 valence electrons. The van der Waals surface area contributed by atoms with E-state index in [2.05, 4.69) is 0 Å². The summed E-state index contributed by atoms with van der Waals surface area (Å²) in [6, 6.07) is 11.7. The molecule has 27 heavy (non-hydrogen) atoms. The van der Waals surface area contributed by atoms with Crippen molar-refractivity contribution in [2.75, 3.05) is 20.8 Å². The van der Waals surface area contributed by atoms with Crippen molar-refractivity contribution in [2.24, 2.45) is 0 Å². The number of amides is 2. The Morgan fingerprint density at radius 2 is 1.70 bits per heavy atom. The zero-order valence-electron chi connectivity index (χ0n) is 14.7. The molecule has 0 saturated heterocycles. The number of carbonyl (C=O) groups is 3. The van der Waals surface area contributed by atoms with E-state index in [1.54, 1.807) is 48.5 Å². The molecule has 1 heterocycles. The number of carboxylic acid groups (broad SMARTS) is 1. The highest BCUT2D eigenvalue weighted by Crippen LogP contribution is 2.36. The number of carbonyl (C=O) groups excluding carboxylic acids is 3. The van der Waals surface area contributed by atoms with Gasteiger partial charge in [-0.2, -0.15) is 0 Å². The van der Waals surface area contributed by atoms with Gasteiger partial charge in [0.05, 0.1) is 26.7 Å². The second-order valence-electron chi connectivity index (χ2n) is 5.75. The molecule has 0 aromatic heterocycles. The van der Waals surface area contributed by atoms with Gasteiger partial charge in [0.1, 0.15) is 0 Å². The van der Waals surface area contributed by atoms with Gasteiger partial charge in [0.2, 0.25) is 0 Å². The Morgan fingerprint density at radius 1 is 1.00 bits per heavy atom. The summed E-state index contributed by atoms with van der Waals surface area (Å²) in [6.45, 7) is -0.821. The molecule has 0 aliphatic carbocycles. The molecule has 2 aromatic rings. The van der Waals surface area contributed by atoms with E-state index in [0.717, 1.165) is 0 Å². The molecule has 1 aliphatic rings. The Kier molecular flexibility index (Phi) is 4.94. The van der Waals surface area contributed by atoms with Crippen LogP contribution in [0.4, 0.5) is 0 Å². The van der Waals surface area contributed by atoms with Gasteiger partial charge in [-0.15, -0.1) is 0 Å². The molecule has 7 nitrogen and oxygen atoms in total. The molecule has 0 N–H and O–H groups in total. The summed E-state index contributed by atoms with van der Waals surface area (Å²) < 4.78 is 10.6. The average Bonchev–Trinajstić information content (AvgIpc) is 2.67. The summed E-state index contributed by atoms with van der Waals surface area (Å²) in [4.78, 5) is 37.1. The van der Waals surface area contributed by atoms with Gasteiger partial charge in [-0.25, -0.2) is 0 Å². The third-order valence-electron chi connectivity index (χ3n) is 4.19. The van der Waals surface area contributed by atoms with Crippen molar-refractivity contribution in [1.82, 2.24) is 4.90 Å². The zero-order chi connectivity index (χ0) is 19.6. The van der Waals surface area contributed by atoms with Gasteiger partial charge in [0, 0.05) is 16.7 Å². The first kappa shape index (κ1) is 18.2. The van der Waals surface area contributed by atoms with Crippen LogP contribution < -0.4 is 14.6 Å². The van der Waals surface area contributed by atoms with Crippen LogP contribution in [0.25, 0.3) is 11.6 Å². The summed E-state index contributed by atoms with van der Waals surface area (Å²) in [5.74, 6) is -2.01. The molecule has 3 rings (SSSR count). The number of imide groups is 1. The third-order valence-corrected chi connectivity index (χ3v) is 4.19. The monoisotopic (exact) mass is 366 g/mol. The fourth-order valence-corrected chi connectivity index (χ4v) is 3.00. The van der Waals surface area contributed by atoms with E-state index >= 15 is 0 Å². The molecule has 0 radical (unpaired) electrons. The molecule has 2 amide bonds. The van der Waals surface area contributed by atoms with Crippen LogP contribution in [-0.2, 0) is 9.59 Å². The van der Waals surface area contributed by atoms with Crippen LogP contribution in [0.2, 0.25) is 0 Å². The first-order valence-corrected chi connectivity index (χ1v) is 8.06. The van der Waals surface area contributed by atoms with Crippen LogP contribution in [0.1, 0.15) is 21.5 Å². The van der Waals surface area contributed by atoms with Crippen molar-refractivity contribution >= 4 is 29.4 Å². The fourth-order valence-electron chi connectivity index (χ4n) is 3.00. The second kappa shape index (κ2) is 7.33. The molecular weight excluding hydrogens is 350 g/mol. The van der Waals surface area contributed by atoms with Crippen molar-refractivity contribution in [3.63, 3.8) is 0 Å². The van der Waals surface area contributed by atoms with Crippen molar-refractivity contribution in [3.05, 3.63) is 59.2 Å². The summed E-state index contributed by atoms with van der Waals surface area (Å²) in [6.07, 6.45) is 1.55. The van der Waals surface area contributed by atoms with Gasteiger partial charge in [0.15, 0.2) is 11.5 Å². The van der Waals surface area contributed by atoms with Gasteiger partial charge < -0.3 is 19.4 Å². The standard InChI is InChI=1S/C20H17NO6/c1-26-16-9-5-6-12(18(16)27-2)10-15-13-7-3-4-8-14(13)19(24)21(20(15)25)11-17(22)23/h3-10H,11H2,1-2H3,(H,22,23)/p-1/b15-10-. The normalized spacial score (nSPS) is 14.9. The second-order valence-corrected chi connectivity index (χ2v) is 5.75. The van der Waals surface area contributed by atoms with Gasteiger partial charge in [-0.3, -0.25) is 14.5 Å². The van der Waals surface area contributed by atoms with Crippen LogP contribution in [-0.4, -0.2) is 43.4 Å². The summed E-state index contributed by atoms with van der Waals surface area (Å²) in [5.41, 5.74) is 1.40. The van der Waals surface area contributed by atoms with Crippen molar-refractivity contribution in [2.45, 2.75) is 0 Å². The highest BCUT2D eigenvalue weighted by molar-refractivity contribution is 6.34. The Hall–Kier alpha value is -3.61. The zero-order valence-corrected chi connectivity index (χ0v) is 14.7. The average molecular weight is 366 g/mol. The van der Waals surface area contributed by atoms with Gasteiger partial charge >= 0.3 is 0 Å². The largest absolute Gasteiger partial charge is 0.548 e. The maximum atomic E-state index is 12.9. The molecule has 0 bridgehead atoms. The van der Waals surface area contributed by atoms with E-state index in [1.165, 1.54) is 14.2 Å². The molecule has 0 saturated carbocycles. The molecule has 0 spiro atoms. The number of nitrogens with zero attached hydrogens (tertiary/aromatic N) is 1. The van der Waals surface area contributed by atoms with Crippen LogP contribution in [0.15, 0.2) is 42.5 Å². The number of aliphatic carboxylic acids is 1. The first-order valence-electron chi connectivity index (χ1n) is 8.06. The number of rotatable bonds is 5. The Balaban J connectivity index is 2.20. The van der Waals surface area contributed by atoms with E-state index < -0.39 is 24.3 Å². The fraction of sp³-hybridized carbons (Fsp3) is 0.150. The predicted molar refractivity (Wildman–Crippen MR) is 94.9 cm³/mol. The lowest BCUT2D eigenvalue weighted by atomic mass is 9.92. The topological polar surface area (TPSA) is 96.0 Å². The summed E-state index contributed by atoms with van der Waals surface area (Å²) in [5, 5.41) is 11.0. The van der Waals surface area contributed by atoms with Crippen LogP contribution in [0.5, 0.6) is 11.5 Å². The summed E-state index contributed by atoms with van der Waals surface area (Å²) in [7, 11) is 2.97. The number of methoxy groups -OCH3 is 2. The molecule has 7 heteroatoms. The Morgan fingerprint density at radius 3 is 2.33 bits per heavy atom. The van der Waals surface area contributed by atoms with E-state index in [1.807, 2.05) is 0 Å². The van der Waals surface area contributed by atoms with Crippen LogP contribution in [0.3, 0.4) is 0 Å². The minimum atomic E-state index is -1.52. The maximum Gasteiger partial charge on any atom is 0.261 e. The minimum Gasteiger partial charge on any atom is -0.548 e. The predicted octanol–water partition coefficient (Wildman–Crippen LogP) is 0.977. The molecule has 0 fully saturated rings. The number of benzene rings is 2.